The van der Waals surface area contributed by atoms with Crippen LogP contribution < -0.4 is 4.74 Å². The summed E-state index contributed by atoms with van der Waals surface area (Å²) in [7, 11) is 1.53. The second kappa shape index (κ2) is 5.40. The second-order valence-corrected chi connectivity index (χ2v) is 4.55. The molecule has 18 heavy (non-hydrogen) atoms. The second-order valence-electron chi connectivity index (χ2n) is 3.70. The number of halogens is 2. The molecule has 0 spiro atoms. The van der Waals surface area contributed by atoms with Crippen LogP contribution in [0.4, 0.5) is 8.78 Å². The maximum Gasteiger partial charge on any atom is 0.144 e. The highest BCUT2D eigenvalue weighted by Gasteiger charge is 2.12. The Morgan fingerprint density at radius 2 is 1.72 bits per heavy atom. The van der Waals surface area contributed by atoms with E-state index >= 15 is 0 Å². The van der Waals surface area contributed by atoms with Crippen molar-refractivity contribution in [1.82, 2.24) is 0 Å². The zero-order valence-electron chi connectivity index (χ0n) is 10.0. The van der Waals surface area contributed by atoms with Crippen LogP contribution in [-0.2, 0) is 0 Å². The van der Waals surface area contributed by atoms with Crippen molar-refractivity contribution in [2.24, 2.45) is 0 Å². The van der Waals surface area contributed by atoms with Crippen molar-refractivity contribution in [3.8, 4) is 16.9 Å². The minimum atomic E-state index is -0.341. The molecule has 0 fully saturated rings. The summed E-state index contributed by atoms with van der Waals surface area (Å²) in [5, 5.41) is 0. The van der Waals surface area contributed by atoms with E-state index in [9.17, 15) is 8.78 Å². The number of hydrogen-bond donors (Lipinski definition) is 0. The highest BCUT2D eigenvalue weighted by atomic mass is 32.2. The molecule has 0 aliphatic rings. The van der Waals surface area contributed by atoms with Gasteiger partial charge in [0, 0.05) is 10.5 Å². The first-order valence-electron chi connectivity index (χ1n) is 5.33. The number of rotatable bonds is 3. The normalized spacial score (nSPS) is 10.4. The van der Waals surface area contributed by atoms with E-state index in [0.717, 1.165) is 0 Å². The van der Waals surface area contributed by atoms with Gasteiger partial charge in [-0.1, -0.05) is 12.1 Å². The van der Waals surface area contributed by atoms with E-state index in [1.54, 1.807) is 30.5 Å². The van der Waals surface area contributed by atoms with Gasteiger partial charge in [-0.2, -0.15) is 0 Å². The zero-order chi connectivity index (χ0) is 13.1. The third kappa shape index (κ3) is 2.48. The molecule has 0 atom stereocenters. The third-order valence-electron chi connectivity index (χ3n) is 2.62. The first-order chi connectivity index (χ1) is 8.65. The fraction of sp³-hybridized carbons (Fsp3) is 0.143. The quantitative estimate of drug-likeness (QED) is 0.763. The Labute approximate surface area is 109 Å². The lowest BCUT2D eigenvalue weighted by atomic mass is 10.0. The van der Waals surface area contributed by atoms with Gasteiger partial charge in [-0.15, -0.1) is 11.8 Å². The average Bonchev–Trinajstić information content (AvgIpc) is 2.40. The Morgan fingerprint density at radius 3 is 2.28 bits per heavy atom. The van der Waals surface area contributed by atoms with Gasteiger partial charge in [0.05, 0.1) is 7.11 Å². The molecule has 0 unspecified atom stereocenters. The Bertz CT molecular complexity index is 552. The van der Waals surface area contributed by atoms with E-state index in [0.29, 0.717) is 21.8 Å². The van der Waals surface area contributed by atoms with Crippen molar-refractivity contribution in [2.45, 2.75) is 4.90 Å². The molecule has 0 amide bonds. The summed E-state index contributed by atoms with van der Waals surface area (Å²) in [5.41, 5.74) is 1.04. The topological polar surface area (TPSA) is 9.23 Å². The monoisotopic (exact) mass is 266 g/mol. The molecule has 2 aromatic rings. The van der Waals surface area contributed by atoms with Crippen LogP contribution >= 0.6 is 11.8 Å². The van der Waals surface area contributed by atoms with E-state index in [1.165, 1.54) is 31.0 Å². The van der Waals surface area contributed by atoms with Crippen LogP contribution in [0.3, 0.4) is 0 Å². The molecule has 0 heterocycles. The molecular weight excluding hydrogens is 254 g/mol. The molecule has 0 radical (unpaired) electrons. The number of ether oxygens (including phenoxy) is 1. The number of thioether (sulfide) groups is 1. The zero-order valence-corrected chi connectivity index (χ0v) is 10.9. The molecule has 4 heteroatoms. The van der Waals surface area contributed by atoms with Gasteiger partial charge in [-0.3, -0.25) is 0 Å². The van der Waals surface area contributed by atoms with Gasteiger partial charge in [-0.25, -0.2) is 8.78 Å². The smallest absolute Gasteiger partial charge is 0.144 e. The highest BCUT2D eigenvalue weighted by molar-refractivity contribution is 7.98. The lowest BCUT2D eigenvalue weighted by Gasteiger charge is -2.10. The van der Waals surface area contributed by atoms with Crippen LogP contribution in [0.2, 0.25) is 0 Å². The Hall–Kier alpha value is -1.55. The fourth-order valence-electron chi connectivity index (χ4n) is 1.68. The van der Waals surface area contributed by atoms with Crippen molar-refractivity contribution < 1.29 is 13.5 Å². The summed E-state index contributed by atoms with van der Waals surface area (Å²) >= 11 is 1.31. The van der Waals surface area contributed by atoms with Crippen molar-refractivity contribution >= 4 is 11.8 Å². The molecule has 0 aliphatic heterocycles. The molecule has 0 aromatic heterocycles. The van der Waals surface area contributed by atoms with Gasteiger partial charge in [0.25, 0.3) is 0 Å². The van der Waals surface area contributed by atoms with Crippen LogP contribution in [-0.4, -0.2) is 13.4 Å². The summed E-state index contributed by atoms with van der Waals surface area (Å²) in [5.74, 6) is -0.0675. The molecule has 0 saturated heterocycles. The molecular formula is C14H12F2OS. The first-order valence-corrected chi connectivity index (χ1v) is 6.55. The van der Waals surface area contributed by atoms with Crippen LogP contribution in [0.25, 0.3) is 11.1 Å². The minimum absolute atomic E-state index is 0.310. The van der Waals surface area contributed by atoms with Gasteiger partial charge in [0.2, 0.25) is 0 Å². The van der Waals surface area contributed by atoms with Crippen molar-refractivity contribution in [2.75, 3.05) is 13.4 Å². The summed E-state index contributed by atoms with van der Waals surface area (Å²) in [6.07, 6.45) is 1.80. The predicted molar refractivity (Wildman–Crippen MR) is 70.1 cm³/mol. The number of methoxy groups -OCH3 is 1. The van der Waals surface area contributed by atoms with Gasteiger partial charge in [0.1, 0.15) is 17.4 Å². The highest BCUT2D eigenvalue weighted by Crippen LogP contribution is 2.33. The minimum Gasteiger partial charge on any atom is -0.497 e. The Balaban J connectivity index is 2.58. The molecule has 0 bridgehead atoms. The van der Waals surface area contributed by atoms with E-state index in [4.69, 9.17) is 4.74 Å². The van der Waals surface area contributed by atoms with Crippen LogP contribution in [0.15, 0.2) is 41.3 Å². The third-order valence-corrected chi connectivity index (χ3v) is 3.36. The van der Waals surface area contributed by atoms with Crippen molar-refractivity contribution in [3.05, 3.63) is 48.0 Å². The van der Waals surface area contributed by atoms with Gasteiger partial charge in [-0.05, 0) is 36.1 Å². The SMILES string of the molecule is COc1cc(SC)c(F)c(-c2ccc(F)cc2)c1. The summed E-state index contributed by atoms with van der Waals surface area (Å²) in [6, 6.07) is 8.99. The summed E-state index contributed by atoms with van der Waals surface area (Å²) in [6.45, 7) is 0. The summed E-state index contributed by atoms with van der Waals surface area (Å²) < 4.78 is 32.2. The maximum absolute atomic E-state index is 14.2. The number of benzene rings is 2. The molecule has 2 rings (SSSR count). The first kappa shape index (κ1) is 12.9. The Kier molecular flexibility index (Phi) is 3.87. The van der Waals surface area contributed by atoms with E-state index in [1.807, 2.05) is 0 Å². The molecule has 0 N–H and O–H groups in total. The molecule has 2 aromatic carbocycles. The van der Waals surface area contributed by atoms with Crippen LogP contribution in [0.1, 0.15) is 0 Å². The molecule has 94 valence electrons. The maximum atomic E-state index is 14.2. The fourth-order valence-corrected chi connectivity index (χ4v) is 2.20. The van der Waals surface area contributed by atoms with Crippen LogP contribution in [0.5, 0.6) is 5.75 Å². The summed E-state index contributed by atoms with van der Waals surface area (Å²) in [4.78, 5) is 0.508. The number of hydrogen-bond acceptors (Lipinski definition) is 2. The van der Waals surface area contributed by atoms with Crippen molar-refractivity contribution in [1.29, 1.82) is 0 Å². The van der Waals surface area contributed by atoms with E-state index in [-0.39, 0.29) is 11.6 Å². The lowest BCUT2D eigenvalue weighted by molar-refractivity contribution is 0.412. The van der Waals surface area contributed by atoms with Gasteiger partial charge >= 0.3 is 0 Å². The lowest BCUT2D eigenvalue weighted by Crippen LogP contribution is -1.91. The van der Waals surface area contributed by atoms with Crippen molar-refractivity contribution in [3.63, 3.8) is 0 Å². The van der Waals surface area contributed by atoms with E-state index < -0.39 is 0 Å². The molecule has 1 nitrogen and oxygen atoms in total. The Morgan fingerprint density at radius 1 is 1.06 bits per heavy atom. The van der Waals surface area contributed by atoms with Gasteiger partial charge < -0.3 is 4.74 Å². The predicted octanol–water partition coefficient (Wildman–Crippen LogP) is 4.36. The van der Waals surface area contributed by atoms with Gasteiger partial charge in [0.15, 0.2) is 0 Å². The molecule has 0 saturated carbocycles. The average molecular weight is 266 g/mol. The van der Waals surface area contributed by atoms with E-state index in [2.05, 4.69) is 0 Å². The largest absolute Gasteiger partial charge is 0.497 e. The standard InChI is InChI=1S/C14H12F2OS/c1-17-11-7-12(14(16)13(8-11)18-2)9-3-5-10(15)6-4-9/h3-8H,1-2H3. The molecule has 0 aliphatic carbocycles. The van der Waals surface area contributed by atoms with Crippen LogP contribution in [0, 0.1) is 11.6 Å².